The standard InChI is InChI=1S/C19H51NO5Si7/c1-26(2,3)22-28(7,8)24-30(11,12)32(15,18-16-17-20-19-21)31(13,14)25-29(9,10)23-27(4,5)6/h16-18H2,1-15H3. The Bertz CT molecular complexity index is 624. The second kappa shape index (κ2) is 11.2. The van der Waals surface area contributed by atoms with Gasteiger partial charge in [-0.2, -0.15) is 0 Å². The summed E-state index contributed by atoms with van der Waals surface area (Å²) in [7, 11) is -14.4. The van der Waals surface area contributed by atoms with Crippen molar-refractivity contribution >= 4 is 62.6 Å². The van der Waals surface area contributed by atoms with Crippen LogP contribution >= 0.6 is 0 Å². The molecular formula is C19H51NO5Si7. The van der Waals surface area contributed by atoms with Crippen LogP contribution in [0.4, 0.5) is 0 Å². The maximum Gasteiger partial charge on any atom is 0.310 e. The van der Waals surface area contributed by atoms with Crippen molar-refractivity contribution < 1.29 is 21.3 Å². The molecule has 0 aliphatic carbocycles. The Labute approximate surface area is 205 Å². The van der Waals surface area contributed by atoms with Gasteiger partial charge in [0.1, 0.15) is 0 Å². The molecule has 190 valence electrons. The van der Waals surface area contributed by atoms with E-state index in [1.807, 2.05) is 0 Å². The van der Waals surface area contributed by atoms with Gasteiger partial charge in [0.05, 0.1) is 13.7 Å². The first-order valence-electron chi connectivity index (χ1n) is 11.7. The number of hydrogen-bond donors (Lipinski definition) is 0. The van der Waals surface area contributed by atoms with Crippen LogP contribution in [0.25, 0.3) is 0 Å². The van der Waals surface area contributed by atoms with Gasteiger partial charge < -0.3 is 16.5 Å². The summed E-state index contributed by atoms with van der Waals surface area (Å²) in [6.45, 7) is 34.8. The molecule has 0 spiro atoms. The van der Waals surface area contributed by atoms with Crippen LogP contribution in [-0.2, 0) is 21.3 Å². The van der Waals surface area contributed by atoms with Crippen LogP contribution in [0.3, 0.4) is 0 Å². The van der Waals surface area contributed by atoms with Crippen LogP contribution in [0, 0.1) is 0 Å². The van der Waals surface area contributed by atoms with E-state index in [4.69, 9.17) is 16.5 Å². The zero-order chi connectivity index (χ0) is 25.9. The Balaban J connectivity index is 6.16. The Morgan fingerprint density at radius 2 is 0.938 bits per heavy atom. The lowest BCUT2D eigenvalue weighted by atomic mass is 10.5. The molecule has 0 fully saturated rings. The molecule has 0 aliphatic rings. The van der Waals surface area contributed by atoms with Gasteiger partial charge in [0.25, 0.3) is 0 Å². The van der Waals surface area contributed by atoms with Crippen molar-refractivity contribution in [1.29, 1.82) is 0 Å². The van der Waals surface area contributed by atoms with Crippen molar-refractivity contribution in [3.05, 3.63) is 0 Å². The molecule has 0 saturated heterocycles. The number of aliphatic imine (C=N–C) groups is 1. The van der Waals surface area contributed by atoms with Gasteiger partial charge in [0, 0.05) is 0 Å². The summed E-state index contributed by atoms with van der Waals surface area (Å²) in [4.78, 5) is 14.5. The molecule has 0 amide bonds. The summed E-state index contributed by atoms with van der Waals surface area (Å²) >= 11 is 0. The van der Waals surface area contributed by atoms with E-state index in [0.29, 0.717) is 6.54 Å². The quantitative estimate of drug-likeness (QED) is 0.103. The predicted molar refractivity (Wildman–Crippen MR) is 155 cm³/mol. The highest BCUT2D eigenvalue weighted by Gasteiger charge is 2.61. The topological polar surface area (TPSA) is 66.4 Å². The fraction of sp³-hybridized carbons (Fsp3) is 0.947. The van der Waals surface area contributed by atoms with Gasteiger partial charge in [-0.3, -0.25) is 0 Å². The lowest BCUT2D eigenvalue weighted by molar-refractivity contribution is 0.396. The van der Waals surface area contributed by atoms with Crippen molar-refractivity contribution in [2.45, 2.75) is 111 Å². The number of carbonyl (C=O) groups excluding carboxylic acids is 1. The zero-order valence-electron chi connectivity index (χ0n) is 23.6. The minimum Gasteiger partial charge on any atom is -0.439 e. The number of rotatable bonds is 14. The molecule has 0 aromatic carbocycles. The second-order valence-electron chi connectivity index (χ2n) is 12.9. The molecule has 0 aromatic heterocycles. The lowest BCUT2D eigenvalue weighted by Crippen LogP contribution is -2.77. The monoisotopic (exact) mass is 569 g/mol. The fourth-order valence-electron chi connectivity index (χ4n) is 4.85. The number of nitrogens with zero attached hydrogens (tertiary/aromatic N) is 1. The van der Waals surface area contributed by atoms with Gasteiger partial charge in [-0.05, 0) is 98.1 Å². The average Bonchev–Trinajstić information content (AvgIpc) is 2.43. The summed E-state index contributed by atoms with van der Waals surface area (Å²) < 4.78 is 27.4. The van der Waals surface area contributed by atoms with Crippen molar-refractivity contribution in [3.63, 3.8) is 0 Å². The smallest absolute Gasteiger partial charge is 0.310 e. The van der Waals surface area contributed by atoms with Crippen LogP contribution in [-0.4, -0.2) is 69.2 Å². The maximum absolute atomic E-state index is 10.6. The average molecular weight is 570 g/mol. The van der Waals surface area contributed by atoms with Crippen LogP contribution in [0.2, 0.25) is 104 Å². The first kappa shape index (κ1) is 32.7. The molecule has 0 saturated carbocycles. The molecular weight excluding hydrogens is 519 g/mol. The summed E-state index contributed by atoms with van der Waals surface area (Å²) in [5.74, 6) is 0. The van der Waals surface area contributed by atoms with Gasteiger partial charge in [-0.25, -0.2) is 9.79 Å². The maximum atomic E-state index is 10.6. The van der Waals surface area contributed by atoms with E-state index in [1.165, 1.54) is 0 Å². The van der Waals surface area contributed by atoms with Crippen molar-refractivity contribution in [3.8, 4) is 0 Å². The molecule has 0 bridgehead atoms. The largest absolute Gasteiger partial charge is 0.439 e. The molecule has 0 N–H and O–H groups in total. The second-order valence-corrected chi connectivity index (χ2v) is 54.7. The minimum absolute atomic E-state index is 0.527. The highest BCUT2D eigenvalue weighted by molar-refractivity contribution is 7.67. The van der Waals surface area contributed by atoms with Gasteiger partial charge in [-0.15, -0.1) is 0 Å². The number of isocyanates is 1. The highest BCUT2D eigenvalue weighted by Crippen LogP contribution is 2.39. The van der Waals surface area contributed by atoms with E-state index < -0.39 is 56.5 Å². The van der Waals surface area contributed by atoms with Gasteiger partial charge in [0.15, 0.2) is 32.3 Å². The Morgan fingerprint density at radius 1 is 0.594 bits per heavy atom. The molecule has 0 aliphatic heterocycles. The minimum atomic E-state index is -2.29. The first-order valence-corrected chi connectivity index (χ1v) is 34.7. The lowest BCUT2D eigenvalue weighted by Gasteiger charge is -2.53. The molecule has 32 heavy (non-hydrogen) atoms. The molecule has 0 heterocycles. The van der Waals surface area contributed by atoms with Gasteiger partial charge in [0.2, 0.25) is 6.08 Å². The Hall–Kier alpha value is 0.738. The van der Waals surface area contributed by atoms with Crippen LogP contribution in [0.1, 0.15) is 6.42 Å². The third-order valence-corrected chi connectivity index (χ3v) is 59.4. The Kier molecular flexibility index (Phi) is 11.5. The van der Waals surface area contributed by atoms with Crippen molar-refractivity contribution in [2.24, 2.45) is 4.99 Å². The van der Waals surface area contributed by atoms with Gasteiger partial charge >= 0.3 is 17.1 Å². The third kappa shape index (κ3) is 11.0. The molecule has 0 rings (SSSR count). The molecule has 13 heteroatoms. The van der Waals surface area contributed by atoms with Crippen LogP contribution in [0.5, 0.6) is 0 Å². The fourth-order valence-corrected chi connectivity index (χ4v) is 66.2. The molecule has 0 atom stereocenters. The first-order chi connectivity index (χ1) is 13.9. The van der Waals surface area contributed by atoms with Crippen LogP contribution in [0.15, 0.2) is 4.99 Å². The predicted octanol–water partition coefficient (Wildman–Crippen LogP) is 6.50. The molecule has 0 radical (unpaired) electrons. The van der Waals surface area contributed by atoms with E-state index in [2.05, 4.69) is 103 Å². The summed E-state index contributed by atoms with van der Waals surface area (Å²) in [5.41, 5.74) is 0. The highest BCUT2D eigenvalue weighted by atomic mass is 29.7. The zero-order valence-corrected chi connectivity index (χ0v) is 30.6. The van der Waals surface area contributed by atoms with E-state index in [9.17, 15) is 4.79 Å². The van der Waals surface area contributed by atoms with E-state index >= 15 is 0 Å². The van der Waals surface area contributed by atoms with Crippen molar-refractivity contribution in [1.82, 2.24) is 0 Å². The number of hydrogen-bond acceptors (Lipinski definition) is 6. The van der Waals surface area contributed by atoms with Crippen LogP contribution < -0.4 is 0 Å². The molecule has 0 unspecified atom stereocenters. The SMILES string of the molecule is C[Si](C)(C)O[Si](C)(C)O[Si](C)(C)[Si](C)(CCCN=C=O)[Si](C)(C)O[Si](C)(C)O[Si](C)(C)C. The summed E-state index contributed by atoms with van der Waals surface area (Å²) in [6.07, 6.45) is 2.57. The van der Waals surface area contributed by atoms with E-state index in [-0.39, 0.29) is 0 Å². The Morgan fingerprint density at radius 3 is 1.22 bits per heavy atom. The molecule has 0 aromatic rings. The van der Waals surface area contributed by atoms with E-state index in [1.54, 1.807) is 6.08 Å². The normalized spacial score (nSPS) is 15.0. The summed E-state index contributed by atoms with van der Waals surface area (Å²) in [6, 6.07) is 1.05. The third-order valence-electron chi connectivity index (χ3n) is 5.77. The van der Waals surface area contributed by atoms with E-state index in [0.717, 1.165) is 12.5 Å². The molecule has 6 nitrogen and oxygen atoms in total. The summed E-state index contributed by atoms with van der Waals surface area (Å²) in [5, 5.41) is 0. The van der Waals surface area contributed by atoms with Crippen molar-refractivity contribution in [2.75, 3.05) is 6.54 Å². The van der Waals surface area contributed by atoms with Gasteiger partial charge in [-0.1, -0.05) is 12.6 Å².